The Balaban J connectivity index is 1.80. The Labute approximate surface area is 171 Å². The van der Waals surface area contributed by atoms with Crippen LogP contribution in [0.15, 0.2) is 73.0 Å². The lowest BCUT2D eigenvalue weighted by molar-refractivity contribution is -0.217. The van der Waals surface area contributed by atoms with Crippen molar-refractivity contribution in [3.05, 3.63) is 84.1 Å². The van der Waals surface area contributed by atoms with Crippen molar-refractivity contribution in [2.75, 3.05) is 7.11 Å². The summed E-state index contributed by atoms with van der Waals surface area (Å²) in [6, 6.07) is 19.1. The van der Waals surface area contributed by atoms with Gasteiger partial charge in [-0.1, -0.05) is 67.2 Å². The molecule has 0 spiro atoms. The van der Waals surface area contributed by atoms with Gasteiger partial charge in [0, 0.05) is 14.0 Å². The molecule has 0 aliphatic carbocycles. The highest BCUT2D eigenvalue weighted by molar-refractivity contribution is 5.73. The Kier molecular flexibility index (Phi) is 7.41. The maximum absolute atomic E-state index is 11.8. The zero-order valence-electron chi connectivity index (χ0n) is 16.7. The molecule has 0 bridgehead atoms. The first-order valence-electron chi connectivity index (χ1n) is 9.55. The van der Waals surface area contributed by atoms with E-state index in [0.29, 0.717) is 19.0 Å². The highest BCUT2D eigenvalue weighted by Gasteiger charge is 2.45. The van der Waals surface area contributed by atoms with Gasteiger partial charge in [-0.2, -0.15) is 0 Å². The second-order valence-corrected chi connectivity index (χ2v) is 6.89. The number of carbonyl (C=O) groups excluding carboxylic acids is 1. The quantitative estimate of drug-likeness (QED) is 0.741. The minimum atomic E-state index is -0.719. The zero-order valence-corrected chi connectivity index (χ0v) is 16.7. The molecule has 4 atom stereocenters. The van der Waals surface area contributed by atoms with E-state index < -0.39 is 24.5 Å². The second kappa shape index (κ2) is 10.2. The molecule has 3 rings (SSSR count). The van der Waals surface area contributed by atoms with E-state index in [0.717, 1.165) is 11.1 Å². The van der Waals surface area contributed by atoms with E-state index in [1.165, 1.54) is 14.0 Å². The summed E-state index contributed by atoms with van der Waals surface area (Å²) in [6.07, 6.45) is -1.82. The molecule has 1 aliphatic heterocycles. The molecule has 1 amide bonds. The number of nitrogens with one attached hydrogen (secondary N) is 1. The first-order valence-corrected chi connectivity index (χ1v) is 9.55. The summed E-state index contributed by atoms with van der Waals surface area (Å²) in [7, 11) is 1.52. The first kappa shape index (κ1) is 21.0. The lowest BCUT2D eigenvalue weighted by Gasteiger charge is -2.42. The van der Waals surface area contributed by atoms with Crippen LogP contribution in [0.4, 0.5) is 0 Å². The number of benzene rings is 2. The second-order valence-electron chi connectivity index (χ2n) is 6.89. The van der Waals surface area contributed by atoms with Gasteiger partial charge in [0.1, 0.15) is 24.0 Å². The van der Waals surface area contributed by atoms with Crippen LogP contribution in [0.3, 0.4) is 0 Å². The van der Waals surface area contributed by atoms with Crippen LogP contribution < -0.4 is 5.32 Å². The number of ether oxygens (including phenoxy) is 4. The van der Waals surface area contributed by atoms with E-state index in [1.807, 2.05) is 60.7 Å². The summed E-state index contributed by atoms with van der Waals surface area (Å²) >= 11 is 0. The van der Waals surface area contributed by atoms with Crippen LogP contribution in [-0.2, 0) is 37.0 Å². The molecule has 0 saturated carbocycles. The average molecular weight is 397 g/mol. The molecule has 6 nitrogen and oxygen atoms in total. The molecule has 1 saturated heterocycles. The summed E-state index contributed by atoms with van der Waals surface area (Å²) in [5.74, 6) is 0.204. The minimum Gasteiger partial charge on any atom is -0.465 e. The van der Waals surface area contributed by atoms with E-state index in [1.54, 1.807) is 0 Å². The van der Waals surface area contributed by atoms with E-state index >= 15 is 0 Å². The number of hydrogen-bond donors (Lipinski definition) is 1. The van der Waals surface area contributed by atoms with Crippen molar-refractivity contribution < 1.29 is 23.7 Å². The normalized spacial score (nSPS) is 24.0. The smallest absolute Gasteiger partial charge is 0.222 e. The third-order valence-corrected chi connectivity index (χ3v) is 4.69. The number of amides is 1. The highest BCUT2D eigenvalue weighted by Crippen LogP contribution is 2.29. The van der Waals surface area contributed by atoms with Crippen molar-refractivity contribution in [3.63, 3.8) is 0 Å². The summed E-state index contributed by atoms with van der Waals surface area (Å²) in [5, 5.41) is 2.88. The van der Waals surface area contributed by atoms with Crippen LogP contribution in [0.1, 0.15) is 18.1 Å². The van der Waals surface area contributed by atoms with E-state index in [4.69, 9.17) is 18.9 Å². The summed E-state index contributed by atoms with van der Waals surface area (Å²) in [4.78, 5) is 11.8. The Hall–Kier alpha value is -2.67. The molecule has 1 N–H and O–H groups in total. The Morgan fingerprint density at radius 1 is 1.00 bits per heavy atom. The van der Waals surface area contributed by atoms with Gasteiger partial charge in [-0.25, -0.2) is 0 Å². The molecule has 0 unspecified atom stereocenters. The SMILES string of the molecule is C=C1O[C@H](OC)[C@H](NC(C)=O)[C@@H](OCc2ccccc2)[C@@H]1OCc1ccccc1. The molecular formula is C23H27NO5. The van der Waals surface area contributed by atoms with E-state index in [-0.39, 0.29) is 5.91 Å². The van der Waals surface area contributed by atoms with Crippen LogP contribution in [0.25, 0.3) is 0 Å². The summed E-state index contributed by atoms with van der Waals surface area (Å²) in [6.45, 7) is 6.18. The fraction of sp³-hybridized carbons (Fsp3) is 0.348. The Bertz CT molecular complexity index is 795. The largest absolute Gasteiger partial charge is 0.465 e. The number of hydrogen-bond acceptors (Lipinski definition) is 5. The van der Waals surface area contributed by atoms with E-state index in [9.17, 15) is 4.79 Å². The Morgan fingerprint density at radius 2 is 1.55 bits per heavy atom. The van der Waals surface area contributed by atoms with Crippen LogP contribution in [0.2, 0.25) is 0 Å². The van der Waals surface area contributed by atoms with Crippen molar-refractivity contribution in [1.29, 1.82) is 0 Å². The zero-order chi connectivity index (χ0) is 20.6. The van der Waals surface area contributed by atoms with Crippen LogP contribution in [0, 0.1) is 0 Å². The standard InChI is InChI=1S/C23H27NO5/c1-16-21(27-14-18-10-6-4-7-11-18)22(28-15-19-12-8-5-9-13-19)20(24-17(2)25)23(26-3)29-16/h4-13,20-23H,1,14-15H2,2-3H3,(H,24,25)/t20-,21-,22-,23+/m1/s1. The van der Waals surface area contributed by atoms with Crippen molar-refractivity contribution in [3.8, 4) is 0 Å². The third-order valence-electron chi connectivity index (χ3n) is 4.69. The van der Waals surface area contributed by atoms with Gasteiger partial charge in [-0.05, 0) is 11.1 Å². The van der Waals surface area contributed by atoms with Gasteiger partial charge in [0.25, 0.3) is 0 Å². The molecular weight excluding hydrogens is 370 g/mol. The van der Waals surface area contributed by atoms with Gasteiger partial charge in [0.15, 0.2) is 0 Å². The van der Waals surface area contributed by atoms with E-state index in [2.05, 4.69) is 11.9 Å². The van der Waals surface area contributed by atoms with Crippen LogP contribution in [-0.4, -0.2) is 37.6 Å². The van der Waals surface area contributed by atoms with Crippen molar-refractivity contribution >= 4 is 5.91 Å². The maximum Gasteiger partial charge on any atom is 0.222 e. The average Bonchev–Trinajstić information content (AvgIpc) is 2.73. The van der Waals surface area contributed by atoms with Crippen molar-refractivity contribution in [2.45, 2.75) is 44.7 Å². The van der Waals surface area contributed by atoms with Crippen LogP contribution in [0.5, 0.6) is 0 Å². The highest BCUT2D eigenvalue weighted by atomic mass is 16.7. The molecule has 0 aromatic heterocycles. The molecule has 2 aromatic rings. The van der Waals surface area contributed by atoms with Gasteiger partial charge in [-0.15, -0.1) is 0 Å². The van der Waals surface area contributed by atoms with Crippen molar-refractivity contribution in [1.82, 2.24) is 5.32 Å². The molecule has 2 aromatic carbocycles. The number of rotatable bonds is 8. The first-order chi connectivity index (χ1) is 14.1. The maximum atomic E-state index is 11.8. The van der Waals surface area contributed by atoms with Gasteiger partial charge >= 0.3 is 0 Å². The van der Waals surface area contributed by atoms with Gasteiger partial charge < -0.3 is 24.3 Å². The predicted octanol–water partition coefficient (Wildman–Crippen LogP) is 3.18. The molecule has 1 fully saturated rings. The lowest BCUT2D eigenvalue weighted by atomic mass is 9.99. The molecule has 0 radical (unpaired) electrons. The third kappa shape index (κ3) is 5.67. The fourth-order valence-corrected chi connectivity index (χ4v) is 3.30. The minimum absolute atomic E-state index is 0.205. The van der Waals surface area contributed by atoms with Crippen LogP contribution >= 0.6 is 0 Å². The lowest BCUT2D eigenvalue weighted by Crippen LogP contribution is -2.61. The van der Waals surface area contributed by atoms with Gasteiger partial charge in [-0.3, -0.25) is 4.79 Å². The predicted molar refractivity (Wildman–Crippen MR) is 109 cm³/mol. The number of carbonyl (C=O) groups is 1. The van der Waals surface area contributed by atoms with Crippen molar-refractivity contribution in [2.24, 2.45) is 0 Å². The Morgan fingerprint density at radius 3 is 2.07 bits per heavy atom. The summed E-state index contributed by atoms with van der Waals surface area (Å²) < 4.78 is 23.6. The topological polar surface area (TPSA) is 66.0 Å². The number of methoxy groups -OCH3 is 1. The molecule has 29 heavy (non-hydrogen) atoms. The van der Waals surface area contributed by atoms with Gasteiger partial charge in [0.2, 0.25) is 12.2 Å². The molecule has 1 aliphatic rings. The fourth-order valence-electron chi connectivity index (χ4n) is 3.30. The van der Waals surface area contributed by atoms with Gasteiger partial charge in [0.05, 0.1) is 13.2 Å². The molecule has 6 heteroatoms. The molecule has 154 valence electrons. The molecule has 1 heterocycles. The summed E-state index contributed by atoms with van der Waals surface area (Å²) in [5.41, 5.74) is 2.04. The monoisotopic (exact) mass is 397 g/mol.